The number of hydrogen-bond acceptors (Lipinski definition) is 6. The van der Waals surface area contributed by atoms with Crippen LogP contribution in [0.5, 0.6) is 0 Å². The number of fused-ring (bicyclic) bond motifs is 1. The van der Waals surface area contributed by atoms with Gasteiger partial charge in [0, 0.05) is 6.26 Å². The van der Waals surface area contributed by atoms with Crippen LogP contribution >= 0.6 is 0 Å². The molecule has 32 heavy (non-hydrogen) atoms. The number of carbonyl (C=O) groups excluding carboxylic acids is 1. The van der Waals surface area contributed by atoms with E-state index in [1.54, 1.807) is 16.8 Å². The van der Waals surface area contributed by atoms with Crippen molar-refractivity contribution in [1.82, 2.24) is 19.3 Å². The molecule has 10 heteroatoms. The Labute approximate surface area is 184 Å². The van der Waals surface area contributed by atoms with Crippen LogP contribution in [0.1, 0.15) is 11.1 Å². The first-order valence-electron chi connectivity index (χ1n) is 9.74. The van der Waals surface area contributed by atoms with Crippen molar-refractivity contribution >= 4 is 32.5 Å². The second-order valence-electron chi connectivity index (χ2n) is 7.63. The molecule has 0 atom stereocenters. The lowest BCUT2D eigenvalue weighted by atomic mass is 10.1. The topological polar surface area (TPSA) is 116 Å². The molecule has 1 amide bonds. The van der Waals surface area contributed by atoms with E-state index in [1.807, 2.05) is 32.0 Å². The van der Waals surface area contributed by atoms with E-state index in [0.717, 1.165) is 27.6 Å². The second-order valence-corrected chi connectivity index (χ2v) is 9.62. The molecule has 4 aromatic rings. The number of aromatic nitrogens is 4. The molecule has 2 aromatic heterocycles. The van der Waals surface area contributed by atoms with Gasteiger partial charge >= 0.3 is 0 Å². The second kappa shape index (κ2) is 8.04. The Hall–Kier alpha value is -3.79. The van der Waals surface area contributed by atoms with Gasteiger partial charge in [-0.05, 0) is 49.2 Å². The number of aryl methyl sites for hydroxylation is 2. The fourth-order valence-corrected chi connectivity index (χ4v) is 4.41. The van der Waals surface area contributed by atoms with Crippen molar-refractivity contribution in [3.63, 3.8) is 0 Å². The molecule has 2 heterocycles. The highest BCUT2D eigenvalue weighted by atomic mass is 32.2. The third-order valence-corrected chi connectivity index (χ3v) is 6.04. The number of anilines is 1. The van der Waals surface area contributed by atoms with Crippen molar-refractivity contribution in [2.75, 3.05) is 11.6 Å². The summed E-state index contributed by atoms with van der Waals surface area (Å²) in [5.41, 5.74) is 3.03. The van der Waals surface area contributed by atoms with Gasteiger partial charge in [-0.15, -0.1) is 0 Å². The lowest BCUT2D eigenvalue weighted by Gasteiger charge is -2.11. The molecule has 4 rings (SSSR count). The van der Waals surface area contributed by atoms with Crippen LogP contribution in [0.4, 0.5) is 5.69 Å². The highest BCUT2D eigenvalue weighted by Gasteiger charge is 2.17. The lowest BCUT2D eigenvalue weighted by Crippen LogP contribution is -2.28. The van der Waals surface area contributed by atoms with E-state index in [9.17, 15) is 18.0 Å². The van der Waals surface area contributed by atoms with Crippen LogP contribution in [-0.4, -0.2) is 39.9 Å². The van der Waals surface area contributed by atoms with Gasteiger partial charge in [-0.1, -0.05) is 18.2 Å². The van der Waals surface area contributed by atoms with Gasteiger partial charge in [0.15, 0.2) is 15.5 Å². The Morgan fingerprint density at radius 3 is 2.47 bits per heavy atom. The molecule has 2 aromatic carbocycles. The average Bonchev–Trinajstić information content (AvgIpc) is 3.14. The molecule has 0 aliphatic heterocycles. The Bertz CT molecular complexity index is 1500. The van der Waals surface area contributed by atoms with Gasteiger partial charge in [0.1, 0.15) is 18.3 Å². The van der Waals surface area contributed by atoms with Gasteiger partial charge < -0.3 is 5.32 Å². The summed E-state index contributed by atoms with van der Waals surface area (Å²) >= 11 is 0. The van der Waals surface area contributed by atoms with E-state index in [1.165, 1.54) is 24.7 Å². The number of nitrogens with one attached hydrogen (secondary N) is 1. The van der Waals surface area contributed by atoms with Gasteiger partial charge in [0.2, 0.25) is 5.91 Å². The predicted molar refractivity (Wildman–Crippen MR) is 121 cm³/mol. The van der Waals surface area contributed by atoms with Gasteiger partial charge in [0.25, 0.3) is 5.56 Å². The highest BCUT2D eigenvalue weighted by molar-refractivity contribution is 7.90. The molecule has 0 aliphatic carbocycles. The Kier molecular flexibility index (Phi) is 5.39. The fraction of sp³-hybridized carbons (Fsp3) is 0.182. The SMILES string of the molecule is Cc1cc(C)cc(-n2ncc3c(=O)n(CC(=O)Nc4ccccc4S(C)(=O)=O)cnc32)c1. The minimum absolute atomic E-state index is 0.00370. The van der Waals surface area contributed by atoms with Crippen molar-refractivity contribution in [2.45, 2.75) is 25.3 Å². The minimum Gasteiger partial charge on any atom is -0.323 e. The molecule has 0 saturated heterocycles. The number of hydrogen-bond donors (Lipinski definition) is 1. The van der Waals surface area contributed by atoms with E-state index in [-0.39, 0.29) is 22.5 Å². The zero-order valence-corrected chi connectivity index (χ0v) is 18.5. The van der Waals surface area contributed by atoms with Crippen molar-refractivity contribution in [3.05, 3.63) is 76.5 Å². The van der Waals surface area contributed by atoms with Crippen molar-refractivity contribution in [1.29, 1.82) is 0 Å². The molecule has 0 bridgehead atoms. The maximum atomic E-state index is 12.9. The standard InChI is InChI=1S/C22H21N5O4S/c1-14-8-15(2)10-16(9-14)27-21-17(11-24-27)22(29)26(13-23-21)12-20(28)25-18-6-4-5-7-19(18)32(3,30)31/h4-11,13H,12H2,1-3H3,(H,25,28). The molecular weight excluding hydrogens is 430 g/mol. The van der Waals surface area contributed by atoms with E-state index in [4.69, 9.17) is 0 Å². The molecule has 0 fully saturated rings. The Balaban J connectivity index is 1.64. The van der Waals surface area contributed by atoms with Crippen LogP contribution in [-0.2, 0) is 21.2 Å². The number of para-hydroxylation sites is 1. The molecule has 9 nitrogen and oxygen atoms in total. The van der Waals surface area contributed by atoms with E-state index < -0.39 is 21.3 Å². The highest BCUT2D eigenvalue weighted by Crippen LogP contribution is 2.21. The normalized spacial score (nSPS) is 11.6. The summed E-state index contributed by atoms with van der Waals surface area (Å²) in [6.07, 6.45) is 3.77. The van der Waals surface area contributed by atoms with Crippen LogP contribution in [0.15, 0.2) is 64.7 Å². The molecule has 0 radical (unpaired) electrons. The van der Waals surface area contributed by atoms with Crippen molar-refractivity contribution in [2.24, 2.45) is 0 Å². The number of nitrogens with zero attached hydrogens (tertiary/aromatic N) is 4. The summed E-state index contributed by atoms with van der Waals surface area (Å²) in [7, 11) is -3.53. The van der Waals surface area contributed by atoms with Gasteiger partial charge in [-0.25, -0.2) is 18.1 Å². The first kappa shape index (κ1) is 21.4. The van der Waals surface area contributed by atoms with Gasteiger partial charge in [0.05, 0.1) is 22.5 Å². The fourth-order valence-electron chi connectivity index (χ4n) is 3.56. The van der Waals surface area contributed by atoms with E-state index >= 15 is 0 Å². The summed E-state index contributed by atoms with van der Waals surface area (Å²) in [5.74, 6) is -0.550. The first-order valence-corrected chi connectivity index (χ1v) is 11.6. The Morgan fingerprint density at radius 2 is 1.78 bits per heavy atom. The third kappa shape index (κ3) is 4.17. The lowest BCUT2D eigenvalue weighted by molar-refractivity contribution is -0.116. The molecule has 1 N–H and O–H groups in total. The van der Waals surface area contributed by atoms with E-state index in [0.29, 0.717) is 5.65 Å². The summed E-state index contributed by atoms with van der Waals surface area (Å²) in [5, 5.41) is 7.14. The summed E-state index contributed by atoms with van der Waals surface area (Å²) in [6, 6.07) is 12.0. The maximum Gasteiger partial charge on any atom is 0.264 e. The largest absolute Gasteiger partial charge is 0.323 e. The van der Waals surface area contributed by atoms with Gasteiger partial charge in [-0.2, -0.15) is 5.10 Å². The smallest absolute Gasteiger partial charge is 0.264 e. The number of amides is 1. The number of sulfone groups is 1. The zero-order valence-electron chi connectivity index (χ0n) is 17.7. The monoisotopic (exact) mass is 451 g/mol. The van der Waals surface area contributed by atoms with Gasteiger partial charge in [-0.3, -0.25) is 14.2 Å². The average molecular weight is 452 g/mol. The zero-order chi connectivity index (χ0) is 23.0. The predicted octanol–water partition coefficient (Wildman–Crippen LogP) is 2.24. The third-order valence-electron chi connectivity index (χ3n) is 4.88. The van der Waals surface area contributed by atoms with Crippen LogP contribution in [0.2, 0.25) is 0 Å². The quantitative estimate of drug-likeness (QED) is 0.498. The van der Waals surface area contributed by atoms with E-state index in [2.05, 4.69) is 15.4 Å². The van der Waals surface area contributed by atoms with Crippen molar-refractivity contribution < 1.29 is 13.2 Å². The first-order chi connectivity index (χ1) is 15.1. The molecule has 0 saturated carbocycles. The summed E-state index contributed by atoms with van der Waals surface area (Å²) < 4.78 is 26.6. The number of benzene rings is 2. The number of carbonyl (C=O) groups is 1. The van der Waals surface area contributed by atoms with Crippen molar-refractivity contribution in [3.8, 4) is 5.69 Å². The minimum atomic E-state index is -3.53. The van der Waals surface area contributed by atoms with Crippen LogP contribution in [0, 0.1) is 13.8 Å². The molecule has 0 spiro atoms. The number of rotatable bonds is 5. The van der Waals surface area contributed by atoms with Crippen LogP contribution in [0.3, 0.4) is 0 Å². The molecule has 0 unspecified atom stereocenters. The molecule has 0 aliphatic rings. The maximum absolute atomic E-state index is 12.9. The molecule has 164 valence electrons. The van der Waals surface area contributed by atoms with Crippen LogP contribution in [0.25, 0.3) is 16.7 Å². The summed E-state index contributed by atoms with van der Waals surface area (Å²) in [4.78, 5) is 29.8. The van der Waals surface area contributed by atoms with Crippen LogP contribution < -0.4 is 10.9 Å². The summed E-state index contributed by atoms with van der Waals surface area (Å²) in [6.45, 7) is 3.63. The Morgan fingerprint density at radius 1 is 1.09 bits per heavy atom. The molecular formula is C22H21N5O4S.